The van der Waals surface area contributed by atoms with Gasteiger partial charge in [0.25, 0.3) is 0 Å². The van der Waals surface area contributed by atoms with Gasteiger partial charge in [-0.25, -0.2) is 4.98 Å². The molecule has 5 heteroatoms. The minimum absolute atomic E-state index is 0.220. The molecule has 0 atom stereocenters. The zero-order chi connectivity index (χ0) is 14.2. The zero-order valence-electron chi connectivity index (χ0n) is 12.0. The summed E-state index contributed by atoms with van der Waals surface area (Å²) >= 11 is 0. The normalized spacial score (nSPS) is 21.1. The van der Waals surface area contributed by atoms with Gasteiger partial charge < -0.3 is 14.4 Å². The summed E-state index contributed by atoms with van der Waals surface area (Å²) in [6.45, 7) is 7.78. The van der Waals surface area contributed by atoms with E-state index in [2.05, 4.69) is 29.8 Å². The Hall–Kier alpha value is -1.64. The first-order chi connectivity index (χ1) is 9.61. The first-order valence-electron chi connectivity index (χ1n) is 6.98. The molecule has 5 nitrogen and oxygen atoms in total. The Bertz CT molecular complexity index is 557. The number of nitrogens with zero attached hydrogens (tertiary/aromatic N) is 3. The molecule has 0 spiro atoms. The molecule has 0 aliphatic carbocycles. The van der Waals surface area contributed by atoms with Crippen LogP contribution in [0, 0.1) is 11.3 Å². The number of pyridine rings is 1. The van der Waals surface area contributed by atoms with Crippen LogP contribution in [-0.4, -0.2) is 36.9 Å². The van der Waals surface area contributed by atoms with Crippen molar-refractivity contribution in [3.63, 3.8) is 0 Å². The maximum Gasteiger partial charge on any atom is 0.134 e. The van der Waals surface area contributed by atoms with Crippen LogP contribution >= 0.6 is 0 Å². The van der Waals surface area contributed by atoms with Crippen molar-refractivity contribution in [2.75, 3.05) is 31.2 Å². The van der Waals surface area contributed by atoms with E-state index >= 15 is 0 Å². The highest BCUT2D eigenvalue weighted by atomic mass is 16.5. The Balaban J connectivity index is 2.03. The van der Waals surface area contributed by atoms with E-state index in [1.54, 1.807) is 6.20 Å². The van der Waals surface area contributed by atoms with Crippen LogP contribution in [-0.2, 0) is 22.5 Å². The molecule has 1 fully saturated rings. The maximum atomic E-state index is 9.30. The average Bonchev–Trinajstić information content (AvgIpc) is 2.46. The van der Waals surface area contributed by atoms with Crippen LogP contribution in [0.25, 0.3) is 0 Å². The predicted molar refractivity (Wildman–Crippen MR) is 74.6 cm³/mol. The minimum atomic E-state index is -0.220. The SMILES string of the molecule is CC1(C)Cc2c(C#N)cnc(N3CCOCC3)c2CO1. The van der Waals surface area contributed by atoms with Gasteiger partial charge in [-0.3, -0.25) is 0 Å². The molecule has 20 heavy (non-hydrogen) atoms. The highest BCUT2D eigenvalue weighted by Crippen LogP contribution is 2.34. The average molecular weight is 273 g/mol. The van der Waals surface area contributed by atoms with Gasteiger partial charge in [-0.1, -0.05) is 0 Å². The van der Waals surface area contributed by atoms with Gasteiger partial charge in [0, 0.05) is 31.3 Å². The van der Waals surface area contributed by atoms with E-state index < -0.39 is 0 Å². The molecule has 106 valence electrons. The van der Waals surface area contributed by atoms with Crippen molar-refractivity contribution in [1.82, 2.24) is 4.98 Å². The summed E-state index contributed by atoms with van der Waals surface area (Å²) < 4.78 is 11.3. The molecule has 0 bridgehead atoms. The lowest BCUT2D eigenvalue weighted by atomic mass is 9.89. The molecule has 3 heterocycles. The van der Waals surface area contributed by atoms with E-state index in [1.807, 2.05) is 0 Å². The van der Waals surface area contributed by atoms with E-state index in [0.717, 1.165) is 49.7 Å². The third-order valence-electron chi connectivity index (χ3n) is 3.92. The molecule has 1 saturated heterocycles. The van der Waals surface area contributed by atoms with Crippen molar-refractivity contribution < 1.29 is 9.47 Å². The first kappa shape index (κ1) is 13.3. The van der Waals surface area contributed by atoms with Crippen molar-refractivity contribution in [2.45, 2.75) is 32.5 Å². The van der Waals surface area contributed by atoms with Gasteiger partial charge >= 0.3 is 0 Å². The monoisotopic (exact) mass is 273 g/mol. The van der Waals surface area contributed by atoms with Crippen molar-refractivity contribution >= 4 is 5.82 Å². The van der Waals surface area contributed by atoms with Crippen LogP contribution < -0.4 is 4.90 Å². The summed E-state index contributed by atoms with van der Waals surface area (Å²) in [6, 6.07) is 2.26. The van der Waals surface area contributed by atoms with Crippen LogP contribution in [0.15, 0.2) is 6.20 Å². The molecule has 0 radical (unpaired) electrons. The number of hydrogen-bond donors (Lipinski definition) is 0. The fourth-order valence-electron chi connectivity index (χ4n) is 2.82. The molecule has 0 amide bonds. The van der Waals surface area contributed by atoms with Gasteiger partial charge in [-0.2, -0.15) is 5.26 Å². The second-order valence-corrected chi connectivity index (χ2v) is 5.89. The Morgan fingerprint density at radius 3 is 2.75 bits per heavy atom. The third kappa shape index (κ3) is 2.37. The van der Waals surface area contributed by atoms with Crippen molar-refractivity contribution in [3.05, 3.63) is 22.9 Å². The molecule has 0 saturated carbocycles. The number of fused-ring (bicyclic) bond motifs is 1. The summed E-state index contributed by atoms with van der Waals surface area (Å²) in [5.74, 6) is 0.956. The van der Waals surface area contributed by atoms with Gasteiger partial charge in [0.1, 0.15) is 11.9 Å². The molecular weight excluding hydrogens is 254 g/mol. The van der Waals surface area contributed by atoms with Gasteiger partial charge in [-0.05, 0) is 19.4 Å². The quantitative estimate of drug-likeness (QED) is 0.778. The van der Waals surface area contributed by atoms with Crippen molar-refractivity contribution in [2.24, 2.45) is 0 Å². The van der Waals surface area contributed by atoms with Gasteiger partial charge in [0.05, 0.1) is 31.0 Å². The largest absolute Gasteiger partial charge is 0.378 e. The molecule has 0 aromatic carbocycles. The summed E-state index contributed by atoms with van der Waals surface area (Å²) in [7, 11) is 0. The number of anilines is 1. The first-order valence-corrected chi connectivity index (χ1v) is 6.98. The lowest BCUT2D eigenvalue weighted by Gasteiger charge is -2.36. The lowest BCUT2D eigenvalue weighted by Crippen LogP contribution is -2.39. The van der Waals surface area contributed by atoms with E-state index in [-0.39, 0.29) is 5.60 Å². The van der Waals surface area contributed by atoms with Crippen LogP contribution in [0.1, 0.15) is 30.5 Å². The second-order valence-electron chi connectivity index (χ2n) is 5.89. The fraction of sp³-hybridized carbons (Fsp3) is 0.600. The molecule has 3 rings (SSSR count). The number of hydrogen-bond acceptors (Lipinski definition) is 5. The van der Waals surface area contributed by atoms with Crippen molar-refractivity contribution in [1.29, 1.82) is 5.26 Å². The third-order valence-corrected chi connectivity index (χ3v) is 3.92. The van der Waals surface area contributed by atoms with E-state index in [0.29, 0.717) is 12.2 Å². The summed E-state index contributed by atoms with van der Waals surface area (Å²) in [4.78, 5) is 6.73. The van der Waals surface area contributed by atoms with Crippen LogP contribution in [0.4, 0.5) is 5.82 Å². The number of ether oxygens (including phenoxy) is 2. The van der Waals surface area contributed by atoms with E-state index in [1.165, 1.54) is 0 Å². The van der Waals surface area contributed by atoms with Crippen LogP contribution in [0.2, 0.25) is 0 Å². The molecule has 1 aromatic heterocycles. The molecular formula is C15H19N3O2. The Morgan fingerprint density at radius 1 is 1.30 bits per heavy atom. The van der Waals surface area contributed by atoms with Gasteiger partial charge in [0.15, 0.2) is 0 Å². The molecule has 2 aliphatic rings. The molecule has 1 aromatic rings. The minimum Gasteiger partial charge on any atom is -0.378 e. The topological polar surface area (TPSA) is 58.4 Å². The molecule has 0 N–H and O–H groups in total. The lowest BCUT2D eigenvalue weighted by molar-refractivity contribution is -0.0401. The summed E-state index contributed by atoms with van der Waals surface area (Å²) in [5, 5.41) is 9.30. The van der Waals surface area contributed by atoms with Crippen LogP contribution in [0.5, 0.6) is 0 Å². The summed E-state index contributed by atoms with van der Waals surface area (Å²) in [6.07, 6.45) is 2.45. The van der Waals surface area contributed by atoms with Crippen LogP contribution in [0.3, 0.4) is 0 Å². The smallest absolute Gasteiger partial charge is 0.134 e. The molecule has 2 aliphatic heterocycles. The Labute approximate surface area is 119 Å². The van der Waals surface area contributed by atoms with E-state index in [4.69, 9.17) is 9.47 Å². The maximum absolute atomic E-state index is 9.30. The standard InChI is InChI=1S/C15H19N3O2/c1-15(2)7-12-11(8-16)9-17-14(13(12)10-20-15)18-3-5-19-6-4-18/h9H,3-7,10H2,1-2H3. The number of rotatable bonds is 1. The summed E-state index contributed by atoms with van der Waals surface area (Å²) in [5.41, 5.74) is 2.63. The van der Waals surface area contributed by atoms with E-state index in [9.17, 15) is 5.26 Å². The Kier molecular flexibility index (Phi) is 3.36. The molecule has 0 unspecified atom stereocenters. The van der Waals surface area contributed by atoms with Gasteiger partial charge in [0.2, 0.25) is 0 Å². The predicted octanol–water partition coefficient (Wildman–Crippen LogP) is 1.64. The highest BCUT2D eigenvalue weighted by Gasteiger charge is 2.31. The fourth-order valence-corrected chi connectivity index (χ4v) is 2.82. The highest BCUT2D eigenvalue weighted by molar-refractivity contribution is 5.56. The number of nitriles is 1. The zero-order valence-corrected chi connectivity index (χ0v) is 12.0. The van der Waals surface area contributed by atoms with Gasteiger partial charge in [-0.15, -0.1) is 0 Å². The number of aromatic nitrogens is 1. The van der Waals surface area contributed by atoms with Crippen molar-refractivity contribution in [3.8, 4) is 6.07 Å². The number of morpholine rings is 1. The Morgan fingerprint density at radius 2 is 2.05 bits per heavy atom. The second kappa shape index (κ2) is 5.04.